The van der Waals surface area contributed by atoms with Crippen LogP contribution in [-0.2, 0) is 0 Å². The van der Waals surface area contributed by atoms with Gasteiger partial charge in [0, 0.05) is 0 Å². The van der Waals surface area contributed by atoms with Crippen LogP contribution in [0.5, 0.6) is 0 Å². The Morgan fingerprint density at radius 1 is 1.24 bits per heavy atom. The van der Waals surface area contributed by atoms with Crippen molar-refractivity contribution < 1.29 is 4.39 Å². The molecule has 0 aliphatic carbocycles. The van der Waals surface area contributed by atoms with Crippen molar-refractivity contribution in [1.29, 1.82) is 0 Å². The van der Waals surface area contributed by atoms with Crippen LogP contribution in [-0.4, -0.2) is 20.2 Å². The lowest BCUT2D eigenvalue weighted by Gasteiger charge is -2.15. The number of hydrogen-bond donors (Lipinski definition) is 1. The van der Waals surface area contributed by atoms with Gasteiger partial charge in [0.15, 0.2) is 5.82 Å². The first-order chi connectivity index (χ1) is 8.09. The molecular formula is C11H14FN5. The van der Waals surface area contributed by atoms with Gasteiger partial charge >= 0.3 is 0 Å². The summed E-state index contributed by atoms with van der Waals surface area (Å²) in [6, 6.07) is 5.95. The average molecular weight is 235 g/mol. The van der Waals surface area contributed by atoms with Gasteiger partial charge in [-0.15, -0.1) is 5.10 Å². The summed E-state index contributed by atoms with van der Waals surface area (Å²) >= 11 is 0. The van der Waals surface area contributed by atoms with Gasteiger partial charge in [-0.25, -0.2) is 9.07 Å². The van der Waals surface area contributed by atoms with E-state index in [9.17, 15) is 4.39 Å². The Hall–Kier alpha value is -1.82. The van der Waals surface area contributed by atoms with Gasteiger partial charge in [0.2, 0.25) is 0 Å². The lowest BCUT2D eigenvalue weighted by Crippen LogP contribution is -2.18. The van der Waals surface area contributed by atoms with Gasteiger partial charge < -0.3 is 5.73 Å². The number of tetrazole rings is 1. The van der Waals surface area contributed by atoms with E-state index in [0.717, 1.165) is 5.56 Å². The minimum atomic E-state index is -0.259. The highest BCUT2D eigenvalue weighted by atomic mass is 19.1. The molecule has 0 saturated heterocycles. The van der Waals surface area contributed by atoms with Gasteiger partial charge in [0.05, 0.1) is 12.1 Å². The Bertz CT molecular complexity index is 491. The van der Waals surface area contributed by atoms with Crippen molar-refractivity contribution in [3.05, 3.63) is 41.5 Å². The molecule has 6 heteroatoms. The Morgan fingerprint density at radius 3 is 2.47 bits per heavy atom. The van der Waals surface area contributed by atoms with Gasteiger partial charge in [0.25, 0.3) is 0 Å². The van der Waals surface area contributed by atoms with E-state index in [1.807, 2.05) is 13.8 Å². The van der Waals surface area contributed by atoms with Crippen LogP contribution in [0.3, 0.4) is 0 Å². The fourth-order valence-electron chi connectivity index (χ4n) is 1.66. The Kier molecular flexibility index (Phi) is 3.14. The first-order valence-electron chi connectivity index (χ1n) is 5.38. The minimum absolute atomic E-state index is 0.0772. The lowest BCUT2D eigenvalue weighted by molar-refractivity contribution is 0.503. The van der Waals surface area contributed by atoms with Crippen molar-refractivity contribution in [2.45, 2.75) is 25.9 Å². The molecule has 0 radical (unpaired) electrons. The predicted octanol–water partition coefficient (Wildman–Crippen LogP) is 1.44. The smallest absolute Gasteiger partial charge is 0.168 e. The van der Waals surface area contributed by atoms with Crippen LogP contribution < -0.4 is 5.73 Å². The Balaban J connectivity index is 2.33. The first kappa shape index (κ1) is 11.7. The molecular weight excluding hydrogens is 221 g/mol. The van der Waals surface area contributed by atoms with Gasteiger partial charge in [0.1, 0.15) is 5.82 Å². The number of rotatable bonds is 3. The van der Waals surface area contributed by atoms with Crippen LogP contribution in [0.15, 0.2) is 24.3 Å². The normalized spacial score (nSPS) is 14.6. The molecule has 0 amide bonds. The molecule has 5 nitrogen and oxygen atoms in total. The van der Waals surface area contributed by atoms with Crippen LogP contribution >= 0.6 is 0 Å². The fourth-order valence-corrected chi connectivity index (χ4v) is 1.66. The topological polar surface area (TPSA) is 69.6 Å². The molecule has 0 saturated carbocycles. The SMILES string of the molecule is CC(N)c1nnnn1C(C)c1ccc(F)cc1. The molecule has 2 atom stereocenters. The van der Waals surface area contributed by atoms with Crippen LogP contribution in [0.1, 0.15) is 37.3 Å². The van der Waals surface area contributed by atoms with E-state index in [-0.39, 0.29) is 17.9 Å². The summed E-state index contributed by atoms with van der Waals surface area (Å²) in [7, 11) is 0. The van der Waals surface area contributed by atoms with Gasteiger partial charge in [-0.05, 0) is 42.0 Å². The van der Waals surface area contributed by atoms with E-state index in [1.54, 1.807) is 16.8 Å². The Labute approximate surface area is 98.4 Å². The molecule has 0 fully saturated rings. The second-order valence-electron chi connectivity index (χ2n) is 4.00. The van der Waals surface area contributed by atoms with Crippen molar-refractivity contribution in [2.24, 2.45) is 5.73 Å². The van der Waals surface area contributed by atoms with Gasteiger partial charge in [-0.3, -0.25) is 0 Å². The Morgan fingerprint density at radius 2 is 1.88 bits per heavy atom. The average Bonchev–Trinajstić information content (AvgIpc) is 2.78. The third kappa shape index (κ3) is 2.31. The van der Waals surface area contributed by atoms with Crippen molar-refractivity contribution in [3.63, 3.8) is 0 Å². The highest BCUT2D eigenvalue weighted by Gasteiger charge is 2.17. The lowest BCUT2D eigenvalue weighted by atomic mass is 10.1. The summed E-state index contributed by atoms with van der Waals surface area (Å²) in [6.45, 7) is 3.76. The molecule has 1 aromatic heterocycles. The summed E-state index contributed by atoms with van der Waals surface area (Å²) in [5.74, 6) is 0.354. The predicted molar refractivity (Wildman–Crippen MR) is 60.6 cm³/mol. The molecule has 0 bridgehead atoms. The molecule has 2 rings (SSSR count). The zero-order valence-corrected chi connectivity index (χ0v) is 9.71. The van der Waals surface area contributed by atoms with E-state index in [1.165, 1.54) is 12.1 Å². The maximum atomic E-state index is 12.8. The number of halogens is 1. The van der Waals surface area contributed by atoms with Crippen molar-refractivity contribution >= 4 is 0 Å². The first-order valence-corrected chi connectivity index (χ1v) is 5.38. The molecule has 17 heavy (non-hydrogen) atoms. The van der Waals surface area contributed by atoms with Crippen LogP contribution in [0.2, 0.25) is 0 Å². The molecule has 2 unspecified atom stereocenters. The highest BCUT2D eigenvalue weighted by molar-refractivity contribution is 5.20. The zero-order valence-electron chi connectivity index (χ0n) is 9.71. The van der Waals surface area contributed by atoms with Gasteiger partial charge in [-0.1, -0.05) is 12.1 Å². The van der Waals surface area contributed by atoms with E-state index < -0.39 is 0 Å². The zero-order chi connectivity index (χ0) is 12.4. The second kappa shape index (κ2) is 4.58. The summed E-state index contributed by atoms with van der Waals surface area (Å²) in [5, 5.41) is 11.4. The molecule has 1 aromatic carbocycles. The molecule has 1 heterocycles. The molecule has 90 valence electrons. The number of nitrogens with two attached hydrogens (primary N) is 1. The van der Waals surface area contributed by atoms with Crippen LogP contribution in [0, 0.1) is 5.82 Å². The molecule has 0 spiro atoms. The standard InChI is InChI=1S/C11H14FN5/c1-7(13)11-14-15-16-17(11)8(2)9-3-5-10(12)6-4-9/h3-8H,13H2,1-2H3. The summed E-state index contributed by atoms with van der Waals surface area (Å²) in [4.78, 5) is 0. The third-order valence-corrected chi connectivity index (χ3v) is 2.64. The summed E-state index contributed by atoms with van der Waals surface area (Å²) in [6.07, 6.45) is 0. The van der Waals surface area contributed by atoms with Crippen molar-refractivity contribution in [2.75, 3.05) is 0 Å². The van der Waals surface area contributed by atoms with E-state index in [2.05, 4.69) is 15.5 Å². The molecule has 0 aliphatic heterocycles. The summed E-state index contributed by atoms with van der Waals surface area (Å²) in [5.41, 5.74) is 6.71. The molecule has 2 N–H and O–H groups in total. The largest absolute Gasteiger partial charge is 0.322 e. The fraction of sp³-hybridized carbons (Fsp3) is 0.364. The monoisotopic (exact) mass is 235 g/mol. The number of nitrogens with zero attached hydrogens (tertiary/aromatic N) is 4. The number of benzene rings is 1. The van der Waals surface area contributed by atoms with Crippen molar-refractivity contribution in [1.82, 2.24) is 20.2 Å². The quantitative estimate of drug-likeness (QED) is 0.874. The van der Waals surface area contributed by atoms with Crippen LogP contribution in [0.4, 0.5) is 4.39 Å². The molecule has 2 aromatic rings. The summed E-state index contributed by atoms with van der Waals surface area (Å²) < 4.78 is 14.5. The maximum absolute atomic E-state index is 12.8. The van der Waals surface area contributed by atoms with E-state index in [0.29, 0.717) is 5.82 Å². The van der Waals surface area contributed by atoms with Crippen LogP contribution in [0.25, 0.3) is 0 Å². The number of aromatic nitrogens is 4. The van der Waals surface area contributed by atoms with E-state index >= 15 is 0 Å². The minimum Gasteiger partial charge on any atom is -0.322 e. The third-order valence-electron chi connectivity index (χ3n) is 2.64. The van der Waals surface area contributed by atoms with E-state index in [4.69, 9.17) is 5.73 Å². The number of hydrogen-bond acceptors (Lipinski definition) is 4. The van der Waals surface area contributed by atoms with Gasteiger partial charge in [-0.2, -0.15) is 0 Å². The highest BCUT2D eigenvalue weighted by Crippen LogP contribution is 2.19. The molecule has 0 aliphatic rings. The second-order valence-corrected chi connectivity index (χ2v) is 4.00. The maximum Gasteiger partial charge on any atom is 0.168 e. The van der Waals surface area contributed by atoms with Crippen molar-refractivity contribution in [3.8, 4) is 0 Å².